The molecule has 1 N–H and O–H groups in total. The number of rotatable bonds is 4. The molecule has 1 aromatic carbocycles. The molecule has 5 nitrogen and oxygen atoms in total. The molecule has 3 aromatic rings. The van der Waals surface area contributed by atoms with E-state index in [9.17, 15) is 18.0 Å². The molecule has 0 fully saturated rings. The highest BCUT2D eigenvalue weighted by Crippen LogP contribution is 2.30. The molecule has 0 spiro atoms. The van der Waals surface area contributed by atoms with E-state index >= 15 is 0 Å². The number of benzene rings is 1. The molecule has 1 amide bonds. The molecule has 0 aliphatic rings. The minimum absolute atomic E-state index is 0.205. The molecular weight excluding hydrogens is 357 g/mol. The second-order valence-corrected chi connectivity index (χ2v) is 5.98. The largest absolute Gasteiger partial charge is 0.416 e. The fourth-order valence-corrected chi connectivity index (χ4v) is 2.52. The van der Waals surface area contributed by atoms with E-state index in [4.69, 9.17) is 0 Å². The van der Waals surface area contributed by atoms with Gasteiger partial charge in [-0.2, -0.15) is 18.3 Å². The minimum Gasteiger partial charge on any atom is -0.321 e. The Morgan fingerprint density at radius 2 is 1.85 bits per heavy atom. The van der Waals surface area contributed by atoms with E-state index in [0.29, 0.717) is 17.8 Å². The van der Waals surface area contributed by atoms with E-state index in [2.05, 4.69) is 15.4 Å². The molecule has 0 unspecified atom stereocenters. The molecule has 0 aliphatic carbocycles. The first-order chi connectivity index (χ1) is 12.8. The van der Waals surface area contributed by atoms with E-state index in [1.807, 2.05) is 13.1 Å². The summed E-state index contributed by atoms with van der Waals surface area (Å²) in [6.07, 6.45) is -0.925. The Morgan fingerprint density at radius 3 is 2.44 bits per heavy atom. The van der Waals surface area contributed by atoms with Gasteiger partial charge in [0.15, 0.2) is 0 Å². The fourth-order valence-electron chi connectivity index (χ4n) is 2.52. The van der Waals surface area contributed by atoms with Gasteiger partial charge in [0, 0.05) is 24.0 Å². The molecule has 0 aliphatic heterocycles. The first-order valence-corrected chi connectivity index (χ1v) is 8.27. The lowest BCUT2D eigenvalue weighted by Crippen LogP contribution is -2.16. The molecule has 0 atom stereocenters. The number of carbonyl (C=O) groups excluding carboxylic acids is 1. The van der Waals surface area contributed by atoms with Crippen LogP contribution in [0.15, 0.2) is 48.8 Å². The number of halogens is 3. The average molecular weight is 374 g/mol. The number of aryl methyl sites for hydroxylation is 2. The number of aromatic nitrogens is 3. The van der Waals surface area contributed by atoms with Crippen LogP contribution in [0.4, 0.5) is 18.9 Å². The van der Waals surface area contributed by atoms with Gasteiger partial charge in [-0.05, 0) is 49.7 Å². The third kappa shape index (κ3) is 4.16. The smallest absolute Gasteiger partial charge is 0.321 e. The van der Waals surface area contributed by atoms with Crippen molar-refractivity contribution in [1.82, 2.24) is 14.8 Å². The summed E-state index contributed by atoms with van der Waals surface area (Å²) in [4.78, 5) is 16.9. The summed E-state index contributed by atoms with van der Waals surface area (Å²) in [6, 6.07) is 7.84. The van der Waals surface area contributed by atoms with Gasteiger partial charge < -0.3 is 5.32 Å². The van der Waals surface area contributed by atoms with Gasteiger partial charge in [0.1, 0.15) is 5.69 Å². The molecule has 0 bridgehead atoms. The second kappa shape index (κ2) is 7.22. The van der Waals surface area contributed by atoms with Crippen LogP contribution in [0.1, 0.15) is 28.5 Å². The number of carbonyl (C=O) groups is 1. The molecular formula is C19H17F3N4O. The Labute approximate surface area is 153 Å². The highest BCUT2D eigenvalue weighted by molar-refractivity contribution is 6.04. The first kappa shape index (κ1) is 18.6. The van der Waals surface area contributed by atoms with Gasteiger partial charge in [0.25, 0.3) is 5.91 Å². The van der Waals surface area contributed by atoms with Gasteiger partial charge in [-0.25, -0.2) is 4.98 Å². The molecule has 0 saturated heterocycles. The zero-order valence-electron chi connectivity index (χ0n) is 14.7. The number of alkyl halides is 3. The Balaban J connectivity index is 1.83. The van der Waals surface area contributed by atoms with Crippen LogP contribution in [0.2, 0.25) is 0 Å². The molecule has 0 radical (unpaired) electrons. The van der Waals surface area contributed by atoms with Crippen LogP contribution in [-0.4, -0.2) is 20.7 Å². The van der Waals surface area contributed by atoms with Crippen LogP contribution in [0.5, 0.6) is 0 Å². The summed E-state index contributed by atoms with van der Waals surface area (Å²) < 4.78 is 39.6. The molecule has 2 aromatic heterocycles. The van der Waals surface area contributed by atoms with Crippen molar-refractivity contribution < 1.29 is 18.0 Å². The van der Waals surface area contributed by atoms with E-state index in [1.165, 1.54) is 12.1 Å². The van der Waals surface area contributed by atoms with Crippen molar-refractivity contribution in [1.29, 1.82) is 0 Å². The fraction of sp³-hybridized carbons (Fsp3) is 0.211. The number of anilines is 1. The zero-order chi connectivity index (χ0) is 19.6. The molecule has 140 valence electrons. The summed E-state index contributed by atoms with van der Waals surface area (Å²) >= 11 is 0. The molecule has 8 heteroatoms. The molecule has 0 saturated carbocycles. The maximum atomic E-state index is 12.6. The summed E-state index contributed by atoms with van der Waals surface area (Å²) in [6.45, 7) is 4.42. The standard InChI is InChI=1S/C19H17F3N4O/c1-3-26-11-13(10-23-26)16-9-4-12(2)17(25-16)18(27)24-15-7-5-14(6-8-15)19(20,21)22/h4-11H,3H2,1-2H3,(H,24,27). The van der Waals surface area contributed by atoms with E-state index in [1.54, 1.807) is 29.9 Å². The maximum Gasteiger partial charge on any atom is 0.416 e. The number of hydrogen-bond acceptors (Lipinski definition) is 3. The Hall–Kier alpha value is -3.16. The quantitative estimate of drug-likeness (QED) is 0.729. The van der Waals surface area contributed by atoms with Gasteiger partial charge >= 0.3 is 6.18 Å². The van der Waals surface area contributed by atoms with Crippen LogP contribution in [-0.2, 0) is 12.7 Å². The minimum atomic E-state index is -4.42. The SMILES string of the molecule is CCn1cc(-c2ccc(C)c(C(=O)Nc3ccc(C(F)(F)F)cc3)n2)cn1. The number of amides is 1. The normalized spacial score (nSPS) is 11.4. The highest BCUT2D eigenvalue weighted by atomic mass is 19.4. The van der Waals surface area contributed by atoms with Gasteiger partial charge in [-0.1, -0.05) is 6.07 Å². The Bertz CT molecular complexity index is 962. The first-order valence-electron chi connectivity index (χ1n) is 8.27. The van der Waals surface area contributed by atoms with Crippen molar-refractivity contribution in [3.63, 3.8) is 0 Å². The van der Waals surface area contributed by atoms with Gasteiger partial charge in [0.05, 0.1) is 17.5 Å². The number of nitrogens with zero attached hydrogens (tertiary/aromatic N) is 3. The van der Waals surface area contributed by atoms with Crippen LogP contribution in [0.3, 0.4) is 0 Å². The number of pyridine rings is 1. The van der Waals surface area contributed by atoms with Crippen molar-refractivity contribution in [3.05, 3.63) is 65.6 Å². The lowest BCUT2D eigenvalue weighted by atomic mass is 10.1. The summed E-state index contributed by atoms with van der Waals surface area (Å²) in [7, 11) is 0. The van der Waals surface area contributed by atoms with Crippen molar-refractivity contribution in [2.75, 3.05) is 5.32 Å². The third-order valence-electron chi connectivity index (χ3n) is 4.04. The van der Waals surface area contributed by atoms with Crippen LogP contribution >= 0.6 is 0 Å². The predicted octanol–water partition coefficient (Wildman–Crippen LogP) is 4.54. The van der Waals surface area contributed by atoms with Gasteiger partial charge in [0.2, 0.25) is 0 Å². The van der Waals surface area contributed by atoms with Crippen molar-refractivity contribution in [2.24, 2.45) is 0 Å². The molecule has 3 rings (SSSR count). The second-order valence-electron chi connectivity index (χ2n) is 5.98. The Morgan fingerprint density at radius 1 is 1.15 bits per heavy atom. The molecule has 27 heavy (non-hydrogen) atoms. The highest BCUT2D eigenvalue weighted by Gasteiger charge is 2.30. The van der Waals surface area contributed by atoms with E-state index in [-0.39, 0.29) is 11.4 Å². The van der Waals surface area contributed by atoms with E-state index in [0.717, 1.165) is 17.7 Å². The Kier molecular flexibility index (Phi) is 4.98. The van der Waals surface area contributed by atoms with Crippen LogP contribution in [0, 0.1) is 6.92 Å². The summed E-state index contributed by atoms with van der Waals surface area (Å²) in [5.74, 6) is -0.489. The van der Waals surface area contributed by atoms with Crippen LogP contribution in [0.25, 0.3) is 11.3 Å². The van der Waals surface area contributed by atoms with Gasteiger partial charge in [-0.3, -0.25) is 9.48 Å². The predicted molar refractivity (Wildman–Crippen MR) is 95.3 cm³/mol. The van der Waals surface area contributed by atoms with Crippen molar-refractivity contribution >= 4 is 11.6 Å². The number of hydrogen-bond donors (Lipinski definition) is 1. The number of nitrogens with one attached hydrogen (secondary N) is 1. The average Bonchev–Trinajstić information content (AvgIpc) is 3.11. The summed E-state index contributed by atoms with van der Waals surface area (Å²) in [5, 5.41) is 6.77. The lowest BCUT2D eigenvalue weighted by Gasteiger charge is -2.10. The molecule has 2 heterocycles. The topological polar surface area (TPSA) is 59.8 Å². The maximum absolute atomic E-state index is 12.6. The van der Waals surface area contributed by atoms with Crippen LogP contribution < -0.4 is 5.32 Å². The van der Waals surface area contributed by atoms with E-state index < -0.39 is 17.6 Å². The third-order valence-corrected chi connectivity index (χ3v) is 4.04. The summed E-state index contributed by atoms with van der Waals surface area (Å²) in [5.41, 5.74) is 1.73. The van der Waals surface area contributed by atoms with Crippen molar-refractivity contribution in [3.8, 4) is 11.3 Å². The van der Waals surface area contributed by atoms with Crippen molar-refractivity contribution in [2.45, 2.75) is 26.6 Å². The van der Waals surface area contributed by atoms with Gasteiger partial charge in [-0.15, -0.1) is 0 Å². The lowest BCUT2D eigenvalue weighted by molar-refractivity contribution is -0.137. The monoisotopic (exact) mass is 374 g/mol. The zero-order valence-corrected chi connectivity index (χ0v) is 14.7.